The summed E-state index contributed by atoms with van der Waals surface area (Å²) in [6, 6.07) is 9.44. The van der Waals surface area contributed by atoms with Gasteiger partial charge in [0.1, 0.15) is 0 Å². The van der Waals surface area contributed by atoms with Crippen molar-refractivity contribution in [2.45, 2.75) is 13.0 Å². The van der Waals surface area contributed by atoms with Gasteiger partial charge in [-0.05, 0) is 5.56 Å². The molecule has 6 heteroatoms. The number of carbonyl (C=O) groups excluding carboxylic acids is 4. The number of rotatable bonds is 2. The summed E-state index contributed by atoms with van der Waals surface area (Å²) in [5.74, 6) is -1.56. The standard InChI is InChI=1S/C11H9NO2.C5H4O3/c13-10-6-7-11(14)12(10)8-9-4-2-1-3-5-9;1-3-2-4(6)8-5(3)7/h1-7H,8H2;1-2H2. The molecule has 1 saturated heterocycles. The van der Waals surface area contributed by atoms with Crippen LogP contribution in [0.1, 0.15) is 12.0 Å². The fourth-order valence-electron chi connectivity index (χ4n) is 1.81. The van der Waals surface area contributed by atoms with Crippen LogP contribution in [0.2, 0.25) is 0 Å². The number of ether oxygens (including phenoxy) is 1. The van der Waals surface area contributed by atoms with Crippen LogP contribution < -0.4 is 0 Å². The predicted octanol–water partition coefficient (Wildman–Crippen LogP) is 1.13. The third-order valence-electron chi connectivity index (χ3n) is 2.94. The van der Waals surface area contributed by atoms with E-state index >= 15 is 0 Å². The van der Waals surface area contributed by atoms with E-state index in [2.05, 4.69) is 11.3 Å². The molecule has 112 valence electrons. The van der Waals surface area contributed by atoms with Crippen LogP contribution in [0.3, 0.4) is 0 Å². The van der Waals surface area contributed by atoms with Crippen LogP contribution in [-0.4, -0.2) is 28.7 Å². The van der Waals surface area contributed by atoms with Crippen LogP contribution in [-0.2, 0) is 30.5 Å². The van der Waals surface area contributed by atoms with Gasteiger partial charge < -0.3 is 4.74 Å². The van der Waals surface area contributed by atoms with Crippen molar-refractivity contribution in [2.24, 2.45) is 0 Å². The molecule has 0 aromatic heterocycles. The summed E-state index contributed by atoms with van der Waals surface area (Å²) in [6.45, 7) is 3.64. The summed E-state index contributed by atoms with van der Waals surface area (Å²) in [4.78, 5) is 44.0. The Morgan fingerprint density at radius 1 is 1.00 bits per heavy atom. The maximum absolute atomic E-state index is 11.2. The third kappa shape index (κ3) is 3.76. The Balaban J connectivity index is 0.000000188. The van der Waals surface area contributed by atoms with E-state index in [1.165, 1.54) is 17.1 Å². The van der Waals surface area contributed by atoms with E-state index in [0.29, 0.717) is 6.54 Å². The Morgan fingerprint density at radius 3 is 2.00 bits per heavy atom. The maximum Gasteiger partial charge on any atom is 0.341 e. The molecule has 0 N–H and O–H groups in total. The van der Waals surface area contributed by atoms with E-state index in [4.69, 9.17) is 0 Å². The molecule has 0 aliphatic carbocycles. The van der Waals surface area contributed by atoms with Crippen molar-refractivity contribution in [3.63, 3.8) is 0 Å². The molecular weight excluding hydrogens is 286 g/mol. The van der Waals surface area contributed by atoms with E-state index in [0.717, 1.165) is 5.56 Å². The van der Waals surface area contributed by atoms with Crippen molar-refractivity contribution in [1.82, 2.24) is 4.90 Å². The molecule has 0 saturated carbocycles. The number of esters is 2. The lowest BCUT2D eigenvalue weighted by Gasteiger charge is -2.13. The minimum atomic E-state index is -0.588. The second-order valence-corrected chi connectivity index (χ2v) is 4.62. The Morgan fingerprint density at radius 2 is 1.59 bits per heavy atom. The van der Waals surface area contributed by atoms with Crippen LogP contribution in [0.15, 0.2) is 54.6 Å². The van der Waals surface area contributed by atoms with Crippen molar-refractivity contribution in [1.29, 1.82) is 0 Å². The summed E-state index contributed by atoms with van der Waals surface area (Å²) in [6.07, 6.45) is 2.65. The van der Waals surface area contributed by atoms with Crippen LogP contribution >= 0.6 is 0 Å². The Bertz CT molecular complexity index is 639. The van der Waals surface area contributed by atoms with Gasteiger partial charge in [0.2, 0.25) is 0 Å². The van der Waals surface area contributed by atoms with Crippen LogP contribution in [0.5, 0.6) is 0 Å². The van der Waals surface area contributed by atoms with E-state index in [9.17, 15) is 19.2 Å². The first kappa shape index (κ1) is 15.4. The number of cyclic esters (lactones) is 2. The molecule has 6 nitrogen and oxygen atoms in total. The zero-order valence-corrected chi connectivity index (χ0v) is 11.7. The van der Waals surface area contributed by atoms with Crippen molar-refractivity contribution in [2.75, 3.05) is 0 Å². The molecule has 0 bridgehead atoms. The largest absolute Gasteiger partial charge is 0.389 e. The number of nitrogens with zero attached hydrogens (tertiary/aromatic N) is 1. The number of imide groups is 1. The van der Waals surface area contributed by atoms with Crippen molar-refractivity contribution >= 4 is 23.8 Å². The van der Waals surface area contributed by atoms with Crippen LogP contribution in [0, 0.1) is 0 Å². The highest BCUT2D eigenvalue weighted by Crippen LogP contribution is 2.11. The zero-order valence-electron chi connectivity index (χ0n) is 11.7. The van der Waals surface area contributed by atoms with Gasteiger partial charge in [-0.25, -0.2) is 4.79 Å². The Kier molecular flexibility index (Phi) is 4.63. The second kappa shape index (κ2) is 6.62. The fraction of sp³-hybridized carbons (Fsp3) is 0.125. The highest BCUT2D eigenvalue weighted by molar-refractivity contribution is 6.12. The normalized spacial score (nSPS) is 16.7. The summed E-state index contributed by atoms with van der Waals surface area (Å²) in [5.41, 5.74) is 1.20. The first-order chi connectivity index (χ1) is 10.5. The lowest BCUT2D eigenvalue weighted by molar-refractivity contribution is -0.151. The van der Waals surface area contributed by atoms with Gasteiger partial charge in [-0.2, -0.15) is 0 Å². The van der Waals surface area contributed by atoms with Gasteiger partial charge in [-0.1, -0.05) is 36.9 Å². The third-order valence-corrected chi connectivity index (χ3v) is 2.94. The van der Waals surface area contributed by atoms with Gasteiger partial charge in [0.15, 0.2) is 0 Å². The summed E-state index contributed by atoms with van der Waals surface area (Å²) in [7, 11) is 0. The molecule has 0 radical (unpaired) electrons. The number of benzene rings is 1. The molecule has 1 aromatic rings. The molecule has 2 heterocycles. The topological polar surface area (TPSA) is 80.8 Å². The van der Waals surface area contributed by atoms with E-state index in [-0.39, 0.29) is 23.8 Å². The second-order valence-electron chi connectivity index (χ2n) is 4.62. The van der Waals surface area contributed by atoms with E-state index in [1.807, 2.05) is 30.3 Å². The Labute approximate surface area is 126 Å². The number of hydrogen-bond acceptors (Lipinski definition) is 5. The number of carbonyl (C=O) groups is 4. The van der Waals surface area contributed by atoms with Crippen molar-refractivity contribution in [3.8, 4) is 0 Å². The molecular formula is C16H13NO5. The SMILES string of the molecule is C=C1CC(=O)OC1=O.O=C1C=CC(=O)N1Cc1ccccc1. The average Bonchev–Trinajstić information content (AvgIpc) is 2.96. The first-order valence-electron chi connectivity index (χ1n) is 6.47. The molecule has 3 rings (SSSR count). The summed E-state index contributed by atoms with van der Waals surface area (Å²) < 4.78 is 4.10. The lowest BCUT2D eigenvalue weighted by Crippen LogP contribution is -2.29. The van der Waals surface area contributed by atoms with Crippen LogP contribution in [0.25, 0.3) is 0 Å². The van der Waals surface area contributed by atoms with E-state index in [1.54, 1.807) is 0 Å². The minimum absolute atomic E-state index is 0.0544. The van der Waals surface area contributed by atoms with Gasteiger partial charge in [-0.15, -0.1) is 0 Å². The summed E-state index contributed by atoms with van der Waals surface area (Å²) >= 11 is 0. The van der Waals surface area contributed by atoms with Crippen molar-refractivity contribution < 1.29 is 23.9 Å². The molecule has 0 atom stereocenters. The molecule has 1 aromatic carbocycles. The quantitative estimate of drug-likeness (QED) is 0.354. The van der Waals surface area contributed by atoms with Crippen molar-refractivity contribution in [3.05, 3.63) is 60.2 Å². The van der Waals surface area contributed by atoms with Crippen LogP contribution in [0.4, 0.5) is 0 Å². The predicted molar refractivity (Wildman–Crippen MR) is 76.0 cm³/mol. The molecule has 0 unspecified atom stereocenters. The van der Waals surface area contributed by atoms with Gasteiger partial charge in [0, 0.05) is 17.7 Å². The fourth-order valence-corrected chi connectivity index (χ4v) is 1.81. The highest BCUT2D eigenvalue weighted by Gasteiger charge is 2.24. The molecule has 1 fully saturated rings. The van der Waals surface area contributed by atoms with Gasteiger partial charge in [0.25, 0.3) is 11.8 Å². The monoisotopic (exact) mass is 299 g/mol. The van der Waals surface area contributed by atoms with Gasteiger partial charge >= 0.3 is 11.9 Å². The average molecular weight is 299 g/mol. The summed E-state index contributed by atoms with van der Waals surface area (Å²) in [5, 5.41) is 0. The van der Waals surface area contributed by atoms with E-state index < -0.39 is 11.9 Å². The van der Waals surface area contributed by atoms with Gasteiger partial charge in [-0.3, -0.25) is 19.3 Å². The molecule has 2 amide bonds. The number of hydrogen-bond donors (Lipinski definition) is 0. The molecule has 0 spiro atoms. The number of amides is 2. The zero-order chi connectivity index (χ0) is 16.1. The minimum Gasteiger partial charge on any atom is -0.389 e. The molecule has 2 aliphatic heterocycles. The molecule has 2 aliphatic rings. The highest BCUT2D eigenvalue weighted by atomic mass is 16.6. The van der Waals surface area contributed by atoms with Gasteiger partial charge in [0.05, 0.1) is 13.0 Å². The smallest absolute Gasteiger partial charge is 0.341 e. The lowest BCUT2D eigenvalue weighted by atomic mass is 10.2. The Hall–Kier alpha value is -3.02. The molecule has 22 heavy (non-hydrogen) atoms. The maximum atomic E-state index is 11.2. The first-order valence-corrected chi connectivity index (χ1v) is 6.47.